The van der Waals surface area contributed by atoms with E-state index in [0.29, 0.717) is 5.56 Å². The number of H-pyrrole nitrogens is 1. The molecule has 7 heteroatoms. The van der Waals surface area contributed by atoms with Crippen LogP contribution in [0, 0.1) is 18.6 Å². The van der Waals surface area contributed by atoms with Crippen molar-refractivity contribution in [3.63, 3.8) is 0 Å². The van der Waals surface area contributed by atoms with Gasteiger partial charge in [0.05, 0.1) is 0 Å². The first-order chi connectivity index (χ1) is 11.0. The Labute approximate surface area is 130 Å². The fourth-order valence-corrected chi connectivity index (χ4v) is 2.29. The van der Waals surface area contributed by atoms with Crippen LogP contribution in [-0.2, 0) is 0 Å². The summed E-state index contributed by atoms with van der Waals surface area (Å²) < 4.78 is 28.2. The number of benzene rings is 2. The van der Waals surface area contributed by atoms with Crippen molar-refractivity contribution in [2.45, 2.75) is 6.92 Å². The summed E-state index contributed by atoms with van der Waals surface area (Å²) >= 11 is 0. The van der Waals surface area contributed by atoms with Crippen molar-refractivity contribution in [3.05, 3.63) is 59.4 Å². The number of aromatic amines is 1. The molecule has 1 amide bonds. The molecule has 1 heterocycles. The number of halogens is 2. The number of nitrogens with one attached hydrogen (secondary N) is 1. The number of hydrogen-bond donors (Lipinski definition) is 2. The van der Waals surface area contributed by atoms with E-state index >= 15 is 0 Å². The highest BCUT2D eigenvalue weighted by Crippen LogP contribution is 2.31. The van der Waals surface area contributed by atoms with Gasteiger partial charge in [-0.15, -0.1) is 0 Å². The van der Waals surface area contributed by atoms with E-state index in [9.17, 15) is 13.6 Å². The normalized spacial score (nSPS) is 10.7. The minimum atomic E-state index is -1.02. The number of nitrogens with two attached hydrogens (primary N) is 1. The van der Waals surface area contributed by atoms with Crippen LogP contribution in [0.5, 0.6) is 0 Å². The molecule has 0 aliphatic carbocycles. The Balaban J connectivity index is 2.17. The molecule has 0 aliphatic rings. The van der Waals surface area contributed by atoms with Gasteiger partial charge in [0, 0.05) is 11.1 Å². The zero-order chi connectivity index (χ0) is 16.6. The van der Waals surface area contributed by atoms with Gasteiger partial charge in [-0.1, -0.05) is 24.3 Å². The molecule has 0 saturated carbocycles. The highest BCUT2D eigenvalue weighted by Gasteiger charge is 2.17. The standard InChI is InChI=1S/C16H12F2N4O/c1-8-4-2-3-5-10(8)11-6-9(7-12(17)13(11)18)15-20-16(14(19)23)22-21-15/h2-7H,1H3,(H2,19,23)(H,20,21,22). The molecule has 0 spiro atoms. The Morgan fingerprint density at radius 1 is 1.17 bits per heavy atom. The largest absolute Gasteiger partial charge is 0.363 e. The van der Waals surface area contributed by atoms with Gasteiger partial charge in [0.2, 0.25) is 5.82 Å². The molecular formula is C16H12F2N4O. The second kappa shape index (κ2) is 5.60. The van der Waals surface area contributed by atoms with Crippen molar-refractivity contribution in [1.29, 1.82) is 0 Å². The summed E-state index contributed by atoms with van der Waals surface area (Å²) in [6.07, 6.45) is 0. The average molecular weight is 314 g/mol. The van der Waals surface area contributed by atoms with E-state index in [2.05, 4.69) is 15.2 Å². The van der Waals surface area contributed by atoms with E-state index in [-0.39, 0.29) is 22.8 Å². The summed E-state index contributed by atoms with van der Waals surface area (Å²) in [6, 6.07) is 9.47. The lowest BCUT2D eigenvalue weighted by atomic mass is 9.98. The van der Waals surface area contributed by atoms with Gasteiger partial charge in [0.15, 0.2) is 17.5 Å². The molecule has 0 fully saturated rings. The summed E-state index contributed by atoms with van der Waals surface area (Å²) in [7, 11) is 0. The third-order valence-corrected chi connectivity index (χ3v) is 3.44. The number of hydrogen-bond acceptors (Lipinski definition) is 3. The quantitative estimate of drug-likeness (QED) is 0.779. The van der Waals surface area contributed by atoms with Crippen LogP contribution in [-0.4, -0.2) is 21.1 Å². The fraction of sp³-hybridized carbons (Fsp3) is 0.0625. The second-order valence-electron chi connectivity index (χ2n) is 5.01. The minimum absolute atomic E-state index is 0.0625. The van der Waals surface area contributed by atoms with Gasteiger partial charge in [-0.05, 0) is 30.2 Å². The Morgan fingerprint density at radius 3 is 2.57 bits per heavy atom. The Bertz CT molecular complexity index is 905. The number of carbonyl (C=O) groups excluding carboxylic acids is 1. The lowest BCUT2D eigenvalue weighted by Gasteiger charge is -2.09. The van der Waals surface area contributed by atoms with Crippen molar-refractivity contribution in [2.75, 3.05) is 0 Å². The highest BCUT2D eigenvalue weighted by atomic mass is 19.2. The maximum absolute atomic E-state index is 14.2. The summed E-state index contributed by atoms with van der Waals surface area (Å²) in [5.41, 5.74) is 6.80. The lowest BCUT2D eigenvalue weighted by Crippen LogP contribution is -2.12. The van der Waals surface area contributed by atoms with Crippen LogP contribution in [0.15, 0.2) is 36.4 Å². The van der Waals surface area contributed by atoms with Crippen LogP contribution in [0.1, 0.15) is 16.2 Å². The smallest absolute Gasteiger partial charge is 0.286 e. The lowest BCUT2D eigenvalue weighted by molar-refractivity contribution is 0.0991. The van der Waals surface area contributed by atoms with E-state index < -0.39 is 17.5 Å². The molecule has 0 atom stereocenters. The van der Waals surface area contributed by atoms with E-state index in [1.165, 1.54) is 6.07 Å². The monoisotopic (exact) mass is 314 g/mol. The number of primary amides is 1. The average Bonchev–Trinajstić information content (AvgIpc) is 3.01. The zero-order valence-corrected chi connectivity index (χ0v) is 12.1. The first kappa shape index (κ1) is 14.8. The number of amides is 1. The molecule has 23 heavy (non-hydrogen) atoms. The van der Waals surface area contributed by atoms with Gasteiger partial charge in [-0.2, -0.15) is 5.10 Å². The molecule has 3 rings (SSSR count). The number of nitrogens with zero attached hydrogens (tertiary/aromatic N) is 2. The van der Waals surface area contributed by atoms with Crippen LogP contribution in [0.25, 0.3) is 22.5 Å². The predicted molar refractivity (Wildman–Crippen MR) is 80.4 cm³/mol. The Kier molecular flexibility index (Phi) is 3.61. The molecule has 3 N–H and O–H groups in total. The van der Waals surface area contributed by atoms with E-state index in [1.807, 2.05) is 6.07 Å². The summed E-state index contributed by atoms with van der Waals surface area (Å²) in [5, 5.41) is 6.17. The molecule has 2 aromatic carbocycles. The summed E-state index contributed by atoms with van der Waals surface area (Å²) in [5.74, 6) is -2.85. The first-order valence-electron chi connectivity index (χ1n) is 6.75. The van der Waals surface area contributed by atoms with Crippen molar-refractivity contribution < 1.29 is 13.6 Å². The Morgan fingerprint density at radius 2 is 1.91 bits per heavy atom. The van der Waals surface area contributed by atoms with Crippen molar-refractivity contribution >= 4 is 5.91 Å². The molecule has 0 bridgehead atoms. The first-order valence-corrected chi connectivity index (χ1v) is 6.75. The van der Waals surface area contributed by atoms with Crippen molar-refractivity contribution in [3.8, 4) is 22.5 Å². The summed E-state index contributed by atoms with van der Waals surface area (Å²) in [4.78, 5) is 14.9. The van der Waals surface area contributed by atoms with Crippen LogP contribution in [0.3, 0.4) is 0 Å². The third-order valence-electron chi connectivity index (χ3n) is 3.44. The maximum Gasteiger partial charge on any atom is 0.286 e. The number of aryl methyl sites for hydroxylation is 1. The number of rotatable bonds is 3. The highest BCUT2D eigenvalue weighted by molar-refractivity contribution is 5.89. The van der Waals surface area contributed by atoms with E-state index in [0.717, 1.165) is 11.6 Å². The van der Waals surface area contributed by atoms with Gasteiger partial charge >= 0.3 is 0 Å². The summed E-state index contributed by atoms with van der Waals surface area (Å²) in [6.45, 7) is 1.80. The van der Waals surface area contributed by atoms with Crippen LogP contribution < -0.4 is 5.73 Å². The molecule has 0 unspecified atom stereocenters. The zero-order valence-electron chi connectivity index (χ0n) is 12.1. The minimum Gasteiger partial charge on any atom is -0.363 e. The van der Waals surface area contributed by atoms with E-state index in [4.69, 9.17) is 5.73 Å². The van der Waals surface area contributed by atoms with Gasteiger partial charge < -0.3 is 5.73 Å². The van der Waals surface area contributed by atoms with Gasteiger partial charge in [0.1, 0.15) is 0 Å². The number of aromatic nitrogens is 3. The Hall–Kier alpha value is -3.09. The molecule has 5 nitrogen and oxygen atoms in total. The molecule has 3 aromatic rings. The van der Waals surface area contributed by atoms with Crippen molar-refractivity contribution in [1.82, 2.24) is 15.2 Å². The number of carbonyl (C=O) groups is 1. The van der Waals surface area contributed by atoms with E-state index in [1.54, 1.807) is 25.1 Å². The molecule has 116 valence electrons. The SMILES string of the molecule is Cc1ccccc1-c1cc(-c2n[nH]c(C(N)=O)n2)cc(F)c1F. The predicted octanol–water partition coefficient (Wildman–Crippen LogP) is 2.82. The molecular weight excluding hydrogens is 302 g/mol. The van der Waals surface area contributed by atoms with Crippen LogP contribution in [0.2, 0.25) is 0 Å². The topological polar surface area (TPSA) is 84.7 Å². The molecule has 0 radical (unpaired) electrons. The second-order valence-corrected chi connectivity index (χ2v) is 5.01. The third kappa shape index (κ3) is 2.68. The van der Waals surface area contributed by atoms with Gasteiger partial charge in [-0.25, -0.2) is 13.8 Å². The molecule has 0 aliphatic heterocycles. The van der Waals surface area contributed by atoms with Gasteiger partial charge in [0.25, 0.3) is 5.91 Å². The fourth-order valence-electron chi connectivity index (χ4n) is 2.29. The molecule has 0 saturated heterocycles. The van der Waals surface area contributed by atoms with Gasteiger partial charge in [-0.3, -0.25) is 9.89 Å². The van der Waals surface area contributed by atoms with Crippen LogP contribution in [0.4, 0.5) is 8.78 Å². The molecule has 1 aromatic heterocycles. The maximum atomic E-state index is 14.2. The van der Waals surface area contributed by atoms with Crippen molar-refractivity contribution in [2.24, 2.45) is 5.73 Å². The van der Waals surface area contributed by atoms with Crippen LogP contribution >= 0.6 is 0 Å².